The Morgan fingerprint density at radius 3 is 1.26 bits per heavy atom. The third kappa shape index (κ3) is 26.7. The monoisotopic (exact) mass is 492 g/mol. The van der Waals surface area contributed by atoms with E-state index in [-0.39, 0.29) is 34.4 Å². The quantitative estimate of drug-likeness (QED) is 0.205. The van der Waals surface area contributed by atoms with Crippen molar-refractivity contribution >= 4 is 21.1 Å². The number of hydrogen-bond acceptors (Lipinski definition) is 2. The van der Waals surface area contributed by atoms with Gasteiger partial charge in [-0.1, -0.05) is 65.2 Å². The minimum absolute atomic E-state index is 0.0553. The van der Waals surface area contributed by atoms with Gasteiger partial charge in [-0.25, -0.2) is 0 Å². The molecule has 0 N–H and O–H groups in total. The van der Waals surface area contributed by atoms with Crippen LogP contribution in [0.25, 0.3) is 0 Å². The van der Waals surface area contributed by atoms with Crippen LogP contribution in [0.1, 0.15) is 113 Å². The first-order chi connectivity index (χ1) is 13.0. The van der Waals surface area contributed by atoms with Gasteiger partial charge in [-0.05, 0) is 0 Å². The molecular formula is C24H52O2Sn. The summed E-state index contributed by atoms with van der Waals surface area (Å²) in [5, 5.41) is 20.2. The maximum absolute atomic E-state index is 10.1. The zero-order valence-electron chi connectivity index (χ0n) is 19.9. The minimum atomic E-state index is 0.0553. The van der Waals surface area contributed by atoms with Crippen molar-refractivity contribution in [1.29, 1.82) is 0 Å². The molecule has 3 heteroatoms. The summed E-state index contributed by atoms with van der Waals surface area (Å²) in [6, 6.07) is 0. The van der Waals surface area contributed by atoms with E-state index in [2.05, 4.69) is 48.5 Å². The van der Waals surface area contributed by atoms with Crippen LogP contribution in [0.15, 0.2) is 0 Å². The van der Waals surface area contributed by atoms with E-state index in [0.717, 1.165) is 31.6 Å². The van der Waals surface area contributed by atoms with Crippen molar-refractivity contribution in [2.75, 3.05) is 13.2 Å². The van der Waals surface area contributed by atoms with Crippen molar-refractivity contribution in [3.8, 4) is 0 Å². The predicted octanol–water partition coefficient (Wildman–Crippen LogP) is 6.11. The Balaban J connectivity index is -0.000000350. The molecule has 0 aromatic carbocycles. The number of rotatable bonds is 15. The Hall–Kier alpha value is 0.719. The molecule has 0 aliphatic heterocycles. The second-order valence-corrected chi connectivity index (χ2v) is 11.7. The van der Waals surface area contributed by atoms with E-state index in [9.17, 15) is 10.2 Å². The molecule has 1 atom stereocenters. The maximum atomic E-state index is 10.1. The zero-order chi connectivity index (χ0) is 21.3. The van der Waals surface area contributed by atoms with E-state index in [1.807, 2.05) is 0 Å². The van der Waals surface area contributed by atoms with Crippen molar-refractivity contribution in [2.45, 2.75) is 122 Å². The number of hydrogen-bond donors (Lipinski definition) is 0. The number of unbranched alkanes of at least 4 members (excludes halogenated alkanes) is 2. The molecular weight excluding hydrogens is 439 g/mol. The van der Waals surface area contributed by atoms with Crippen LogP contribution in [0.5, 0.6) is 0 Å². The molecule has 0 heterocycles. The average Bonchev–Trinajstić information content (AvgIpc) is 2.71. The fourth-order valence-electron chi connectivity index (χ4n) is 2.60. The van der Waals surface area contributed by atoms with Gasteiger partial charge >= 0.3 is 95.2 Å². The van der Waals surface area contributed by atoms with Gasteiger partial charge in [-0.15, -0.1) is 13.2 Å². The molecule has 27 heavy (non-hydrogen) atoms. The fraction of sp³-hybridized carbons (Fsp3) is 1.00. The van der Waals surface area contributed by atoms with Gasteiger partial charge in [0.1, 0.15) is 0 Å². The molecule has 164 valence electrons. The molecule has 0 aromatic rings. The van der Waals surface area contributed by atoms with Crippen molar-refractivity contribution in [2.24, 2.45) is 17.8 Å². The molecule has 0 radical (unpaired) electrons. The van der Waals surface area contributed by atoms with E-state index in [1.54, 1.807) is 8.87 Å². The van der Waals surface area contributed by atoms with E-state index >= 15 is 0 Å². The van der Waals surface area contributed by atoms with E-state index < -0.39 is 0 Å². The normalized spacial score (nSPS) is 11.4. The van der Waals surface area contributed by atoms with Crippen LogP contribution in [0.4, 0.5) is 0 Å². The van der Waals surface area contributed by atoms with Crippen LogP contribution in [0.2, 0.25) is 8.87 Å². The summed E-state index contributed by atoms with van der Waals surface area (Å²) >= 11 is 0.0553. The molecule has 0 aromatic heterocycles. The van der Waals surface area contributed by atoms with Gasteiger partial charge in [0.05, 0.1) is 0 Å². The summed E-state index contributed by atoms with van der Waals surface area (Å²) < 4.78 is 3.28. The third-order valence-corrected chi connectivity index (χ3v) is 9.95. The fourth-order valence-corrected chi connectivity index (χ4v) is 7.48. The Labute approximate surface area is 183 Å². The summed E-state index contributed by atoms with van der Waals surface area (Å²) in [4.78, 5) is 0. The van der Waals surface area contributed by atoms with Crippen LogP contribution in [0.3, 0.4) is 0 Å². The first-order valence-electron chi connectivity index (χ1n) is 11.9. The molecule has 0 saturated carbocycles. The van der Waals surface area contributed by atoms with Gasteiger partial charge in [0.15, 0.2) is 0 Å². The molecule has 0 aliphatic rings. The second-order valence-electron chi connectivity index (χ2n) is 7.67. The predicted molar refractivity (Wildman–Crippen MR) is 121 cm³/mol. The summed E-state index contributed by atoms with van der Waals surface area (Å²) in [6.07, 6.45) is 12.9. The van der Waals surface area contributed by atoms with Gasteiger partial charge in [-0.2, -0.15) is 0 Å². The van der Waals surface area contributed by atoms with Gasteiger partial charge in [0, 0.05) is 0 Å². The van der Waals surface area contributed by atoms with Crippen LogP contribution < -0.4 is 10.2 Å². The zero-order valence-corrected chi connectivity index (χ0v) is 22.8. The molecule has 0 bridgehead atoms. The Kier molecular flexibility index (Phi) is 34.7. The van der Waals surface area contributed by atoms with Crippen molar-refractivity contribution in [3.05, 3.63) is 0 Å². The van der Waals surface area contributed by atoms with E-state index in [4.69, 9.17) is 0 Å². The van der Waals surface area contributed by atoms with Gasteiger partial charge in [0.25, 0.3) is 0 Å². The van der Waals surface area contributed by atoms with E-state index in [0.29, 0.717) is 11.8 Å². The summed E-state index contributed by atoms with van der Waals surface area (Å²) in [5.74, 6) is 1.96. The van der Waals surface area contributed by atoms with Crippen molar-refractivity contribution in [1.82, 2.24) is 0 Å². The molecule has 0 fully saturated rings. The molecule has 0 aliphatic carbocycles. The van der Waals surface area contributed by atoms with Gasteiger partial charge in [-0.3, -0.25) is 0 Å². The van der Waals surface area contributed by atoms with Crippen LogP contribution >= 0.6 is 0 Å². The molecule has 0 spiro atoms. The summed E-state index contributed by atoms with van der Waals surface area (Å²) in [5.41, 5.74) is 0. The topological polar surface area (TPSA) is 46.1 Å². The Morgan fingerprint density at radius 1 is 0.593 bits per heavy atom. The first-order valence-corrected chi connectivity index (χ1v) is 15.9. The van der Waals surface area contributed by atoms with Crippen LogP contribution in [0, 0.1) is 17.8 Å². The first kappa shape index (κ1) is 32.4. The van der Waals surface area contributed by atoms with Gasteiger partial charge < -0.3 is 10.2 Å². The molecule has 0 saturated heterocycles. The Bertz CT molecular complexity index is 205. The van der Waals surface area contributed by atoms with Crippen LogP contribution in [-0.4, -0.2) is 34.4 Å². The summed E-state index contributed by atoms with van der Waals surface area (Å²) in [7, 11) is 0. The molecule has 2 nitrogen and oxygen atoms in total. The SMILES string of the molecule is CCC(CC)C[O-].CCC(CC)C[O-].CCC[CH2][Sn+2][CH2]C(CC)CCCC. The van der Waals surface area contributed by atoms with E-state index in [1.165, 1.54) is 38.5 Å². The van der Waals surface area contributed by atoms with Gasteiger partial charge in [0.2, 0.25) is 0 Å². The molecule has 1 unspecified atom stereocenters. The Morgan fingerprint density at radius 2 is 1.00 bits per heavy atom. The van der Waals surface area contributed by atoms with Crippen molar-refractivity contribution in [3.63, 3.8) is 0 Å². The average molecular weight is 491 g/mol. The van der Waals surface area contributed by atoms with Crippen LogP contribution in [-0.2, 0) is 0 Å². The molecule has 0 amide bonds. The third-order valence-electron chi connectivity index (χ3n) is 5.46. The standard InChI is InChI=1S/C8H17.2C6H13O.C4H9.Sn/c1-4-6-7-8(3)5-2;2*1-3-6(4-2)5-7;1-3-4-2;/h8H,3-7H2,1-2H3;2*6H,3-5H2,1-2H3;1,3-4H2,2H3;/q;2*-1;;+2. The molecule has 0 rings (SSSR count). The van der Waals surface area contributed by atoms with Crippen molar-refractivity contribution < 1.29 is 10.2 Å². The summed E-state index contributed by atoms with van der Waals surface area (Å²) in [6.45, 7) is 15.5. The second kappa shape index (κ2) is 28.9.